The summed E-state index contributed by atoms with van der Waals surface area (Å²) in [6.45, 7) is 7.67. The van der Waals surface area contributed by atoms with Crippen molar-refractivity contribution in [2.45, 2.75) is 6.92 Å². The maximum atomic E-state index is 11.0. The Balaban J connectivity index is 1.59. The molecular weight excluding hydrogens is 314 g/mol. The summed E-state index contributed by atoms with van der Waals surface area (Å²) in [6, 6.07) is 12.0. The van der Waals surface area contributed by atoms with Crippen LogP contribution in [0.25, 0.3) is 16.7 Å². The van der Waals surface area contributed by atoms with Gasteiger partial charge in [-0.1, -0.05) is 6.92 Å². The Kier molecular flexibility index (Phi) is 4.19. The number of fused-ring (bicyclic) bond motifs is 1. The lowest BCUT2D eigenvalue weighted by atomic mass is 10.2. The maximum absolute atomic E-state index is 11.0. The average Bonchev–Trinajstić information content (AvgIpc) is 3.11. The lowest BCUT2D eigenvalue weighted by Gasteiger charge is -2.35. The molecule has 128 valence electrons. The van der Waals surface area contributed by atoms with Gasteiger partial charge in [0.15, 0.2) is 11.9 Å². The van der Waals surface area contributed by atoms with Crippen LogP contribution in [0.4, 0.5) is 5.69 Å². The molecule has 2 aromatic heterocycles. The number of carbonyl (C=O) groups is 1. The Morgan fingerprint density at radius 1 is 1.00 bits per heavy atom. The van der Waals surface area contributed by atoms with Gasteiger partial charge in [0.1, 0.15) is 5.69 Å². The van der Waals surface area contributed by atoms with E-state index < -0.39 is 0 Å². The SMILES string of the molecule is CCN1CCN(c2ccc(-n3ncc4ccc(C=O)nc43)cc2)CC1. The van der Waals surface area contributed by atoms with E-state index >= 15 is 0 Å². The molecule has 1 saturated heterocycles. The van der Waals surface area contributed by atoms with Gasteiger partial charge < -0.3 is 9.80 Å². The molecule has 1 aliphatic heterocycles. The van der Waals surface area contributed by atoms with Crippen LogP contribution < -0.4 is 4.90 Å². The van der Waals surface area contributed by atoms with Gasteiger partial charge in [-0.05, 0) is 42.9 Å². The van der Waals surface area contributed by atoms with Crippen LogP contribution >= 0.6 is 0 Å². The molecule has 1 aliphatic rings. The number of piperazine rings is 1. The minimum absolute atomic E-state index is 0.416. The molecule has 0 unspecified atom stereocenters. The molecule has 3 heterocycles. The minimum atomic E-state index is 0.416. The molecule has 3 aromatic rings. The van der Waals surface area contributed by atoms with Gasteiger partial charge in [-0.3, -0.25) is 4.79 Å². The molecule has 0 radical (unpaired) electrons. The van der Waals surface area contributed by atoms with Crippen LogP contribution in [0.2, 0.25) is 0 Å². The molecule has 0 atom stereocenters. The Morgan fingerprint density at radius 2 is 1.72 bits per heavy atom. The number of hydrogen-bond donors (Lipinski definition) is 0. The van der Waals surface area contributed by atoms with Gasteiger partial charge in [-0.25, -0.2) is 9.67 Å². The highest BCUT2D eigenvalue weighted by molar-refractivity contribution is 5.82. The van der Waals surface area contributed by atoms with Crippen LogP contribution in [-0.2, 0) is 0 Å². The summed E-state index contributed by atoms with van der Waals surface area (Å²) < 4.78 is 1.78. The third-order valence-corrected chi connectivity index (χ3v) is 4.84. The summed E-state index contributed by atoms with van der Waals surface area (Å²) in [5, 5.41) is 5.34. The quantitative estimate of drug-likeness (QED) is 0.685. The molecule has 0 N–H and O–H groups in total. The van der Waals surface area contributed by atoms with E-state index in [1.807, 2.05) is 6.07 Å². The van der Waals surface area contributed by atoms with Crippen LogP contribution in [0, 0.1) is 0 Å². The first kappa shape index (κ1) is 15.8. The molecule has 6 nitrogen and oxygen atoms in total. The van der Waals surface area contributed by atoms with Gasteiger partial charge in [0, 0.05) is 37.3 Å². The summed E-state index contributed by atoms with van der Waals surface area (Å²) in [6.07, 6.45) is 2.53. The number of aromatic nitrogens is 3. The number of likely N-dealkylation sites (N-methyl/N-ethyl adjacent to an activating group) is 1. The van der Waals surface area contributed by atoms with E-state index in [2.05, 4.69) is 51.1 Å². The number of anilines is 1. The third kappa shape index (κ3) is 3.00. The van der Waals surface area contributed by atoms with E-state index in [1.54, 1.807) is 16.9 Å². The first-order chi connectivity index (χ1) is 12.3. The lowest BCUT2D eigenvalue weighted by molar-refractivity contribution is 0.111. The van der Waals surface area contributed by atoms with E-state index in [1.165, 1.54) is 5.69 Å². The number of hydrogen-bond acceptors (Lipinski definition) is 5. The van der Waals surface area contributed by atoms with Crippen molar-refractivity contribution in [2.75, 3.05) is 37.6 Å². The molecular formula is C19H21N5O. The van der Waals surface area contributed by atoms with E-state index in [0.29, 0.717) is 11.3 Å². The minimum Gasteiger partial charge on any atom is -0.369 e. The second-order valence-corrected chi connectivity index (χ2v) is 6.26. The fourth-order valence-electron chi connectivity index (χ4n) is 3.30. The molecule has 0 amide bonds. The fourth-order valence-corrected chi connectivity index (χ4v) is 3.30. The number of rotatable bonds is 4. The van der Waals surface area contributed by atoms with Crippen LogP contribution in [-0.4, -0.2) is 58.7 Å². The lowest BCUT2D eigenvalue weighted by Crippen LogP contribution is -2.46. The summed E-state index contributed by atoms with van der Waals surface area (Å²) in [4.78, 5) is 20.2. The summed E-state index contributed by atoms with van der Waals surface area (Å²) >= 11 is 0. The van der Waals surface area contributed by atoms with E-state index in [-0.39, 0.29) is 0 Å². The van der Waals surface area contributed by atoms with Gasteiger partial charge in [-0.15, -0.1) is 0 Å². The highest BCUT2D eigenvalue weighted by atomic mass is 16.1. The number of carbonyl (C=O) groups excluding carboxylic acids is 1. The van der Waals surface area contributed by atoms with Crippen molar-refractivity contribution in [2.24, 2.45) is 0 Å². The predicted molar refractivity (Wildman–Crippen MR) is 98.6 cm³/mol. The molecule has 0 aliphatic carbocycles. The molecule has 4 rings (SSSR count). The van der Waals surface area contributed by atoms with Gasteiger partial charge >= 0.3 is 0 Å². The summed E-state index contributed by atoms with van der Waals surface area (Å²) in [7, 11) is 0. The van der Waals surface area contributed by atoms with E-state index in [0.717, 1.165) is 50.1 Å². The highest BCUT2D eigenvalue weighted by Crippen LogP contribution is 2.21. The predicted octanol–water partition coefficient (Wildman–Crippen LogP) is 2.37. The number of nitrogens with zero attached hydrogens (tertiary/aromatic N) is 5. The van der Waals surface area contributed by atoms with E-state index in [4.69, 9.17) is 0 Å². The summed E-state index contributed by atoms with van der Waals surface area (Å²) in [5.74, 6) is 0. The van der Waals surface area contributed by atoms with Crippen LogP contribution in [0.5, 0.6) is 0 Å². The topological polar surface area (TPSA) is 54.3 Å². The number of benzene rings is 1. The van der Waals surface area contributed by atoms with Gasteiger partial charge in [0.25, 0.3) is 0 Å². The van der Waals surface area contributed by atoms with Crippen molar-refractivity contribution in [3.8, 4) is 5.69 Å². The highest BCUT2D eigenvalue weighted by Gasteiger charge is 2.16. The van der Waals surface area contributed by atoms with Crippen molar-refractivity contribution in [1.82, 2.24) is 19.7 Å². The number of pyridine rings is 1. The molecule has 1 fully saturated rings. The molecule has 0 bridgehead atoms. The first-order valence-electron chi connectivity index (χ1n) is 8.66. The zero-order valence-corrected chi connectivity index (χ0v) is 14.3. The van der Waals surface area contributed by atoms with Crippen molar-refractivity contribution in [3.63, 3.8) is 0 Å². The second-order valence-electron chi connectivity index (χ2n) is 6.26. The van der Waals surface area contributed by atoms with Crippen LogP contribution in [0.3, 0.4) is 0 Å². The fraction of sp³-hybridized carbons (Fsp3) is 0.316. The van der Waals surface area contributed by atoms with Crippen molar-refractivity contribution in [3.05, 3.63) is 48.3 Å². The first-order valence-corrected chi connectivity index (χ1v) is 8.66. The molecule has 1 aromatic carbocycles. The largest absolute Gasteiger partial charge is 0.369 e. The van der Waals surface area contributed by atoms with Crippen molar-refractivity contribution in [1.29, 1.82) is 0 Å². The molecule has 6 heteroatoms. The Bertz CT molecular complexity index is 878. The van der Waals surface area contributed by atoms with Crippen LogP contribution in [0.15, 0.2) is 42.6 Å². The van der Waals surface area contributed by atoms with Gasteiger partial charge in [0.2, 0.25) is 0 Å². The molecule has 25 heavy (non-hydrogen) atoms. The third-order valence-electron chi connectivity index (χ3n) is 4.84. The van der Waals surface area contributed by atoms with Crippen LogP contribution in [0.1, 0.15) is 17.4 Å². The zero-order valence-electron chi connectivity index (χ0n) is 14.3. The Hall–Kier alpha value is -2.73. The van der Waals surface area contributed by atoms with Gasteiger partial charge in [-0.2, -0.15) is 5.10 Å². The van der Waals surface area contributed by atoms with Crippen molar-refractivity contribution >= 4 is 23.0 Å². The Labute approximate surface area is 146 Å². The van der Waals surface area contributed by atoms with Gasteiger partial charge in [0.05, 0.1) is 11.9 Å². The Morgan fingerprint density at radius 3 is 2.40 bits per heavy atom. The van der Waals surface area contributed by atoms with E-state index in [9.17, 15) is 4.79 Å². The molecule has 0 saturated carbocycles. The van der Waals surface area contributed by atoms with Crippen molar-refractivity contribution < 1.29 is 4.79 Å². The maximum Gasteiger partial charge on any atom is 0.168 e. The standard InChI is InChI=1S/C19H21N5O/c1-2-22-9-11-23(12-10-22)17-5-7-18(8-6-17)24-19-15(13-20-24)3-4-16(14-25)21-19/h3-8,13-14H,2,9-12H2,1H3. The number of aldehydes is 1. The zero-order chi connectivity index (χ0) is 17.2. The smallest absolute Gasteiger partial charge is 0.168 e. The average molecular weight is 335 g/mol. The normalized spacial score (nSPS) is 15.6. The second kappa shape index (κ2) is 6.64. The monoisotopic (exact) mass is 335 g/mol. The molecule has 0 spiro atoms. The summed E-state index contributed by atoms with van der Waals surface area (Å²) in [5.41, 5.74) is 3.30.